The zero-order chi connectivity index (χ0) is 11.6. The summed E-state index contributed by atoms with van der Waals surface area (Å²) in [5.74, 6) is 0.887. The van der Waals surface area contributed by atoms with Gasteiger partial charge in [0.25, 0.3) is 0 Å². The normalized spacial score (nSPS) is 25.6. The first-order chi connectivity index (χ1) is 7.63. The van der Waals surface area contributed by atoms with Crippen LogP contribution in [0.5, 0.6) is 0 Å². The summed E-state index contributed by atoms with van der Waals surface area (Å²) in [6, 6.07) is 0.160. The van der Waals surface area contributed by atoms with Crippen molar-refractivity contribution in [2.75, 3.05) is 26.0 Å². The first-order valence-corrected chi connectivity index (χ1v) is 7.81. The minimum atomic E-state index is -2.94. The van der Waals surface area contributed by atoms with Crippen LogP contribution in [0.15, 0.2) is 0 Å². The Morgan fingerprint density at radius 1 is 1.25 bits per heavy atom. The maximum Gasteiger partial charge on any atom is 0.154 e. The van der Waals surface area contributed by atoms with E-state index in [4.69, 9.17) is 4.74 Å². The van der Waals surface area contributed by atoms with Crippen LogP contribution in [0.3, 0.4) is 0 Å². The summed E-state index contributed by atoms with van der Waals surface area (Å²) in [6.45, 7) is 1.19. The molecular formula is C11H21NO3S. The molecule has 1 aliphatic carbocycles. The van der Waals surface area contributed by atoms with E-state index in [0.717, 1.165) is 0 Å². The van der Waals surface area contributed by atoms with E-state index in [-0.39, 0.29) is 11.3 Å². The topological polar surface area (TPSA) is 55.4 Å². The SMILES string of the molecule is CNC(CS(=O)(=O)C1CCOCC1)C1CC1. The number of nitrogens with one attached hydrogen (secondary N) is 1. The number of ether oxygens (including phenoxy) is 1. The van der Waals surface area contributed by atoms with Gasteiger partial charge in [0, 0.05) is 19.3 Å². The molecule has 1 saturated carbocycles. The van der Waals surface area contributed by atoms with Crippen LogP contribution in [0.2, 0.25) is 0 Å². The molecule has 16 heavy (non-hydrogen) atoms. The van der Waals surface area contributed by atoms with E-state index >= 15 is 0 Å². The maximum absolute atomic E-state index is 12.2. The highest BCUT2D eigenvalue weighted by Crippen LogP contribution is 2.33. The maximum atomic E-state index is 12.2. The standard InChI is InChI=1S/C11H21NO3S/c1-12-11(9-2-3-9)8-16(13,14)10-4-6-15-7-5-10/h9-12H,2-8H2,1H3. The van der Waals surface area contributed by atoms with Crippen LogP contribution in [-0.2, 0) is 14.6 Å². The molecule has 94 valence electrons. The monoisotopic (exact) mass is 247 g/mol. The van der Waals surface area contributed by atoms with Gasteiger partial charge in [0.15, 0.2) is 9.84 Å². The molecule has 0 aromatic rings. The highest BCUT2D eigenvalue weighted by Gasteiger charge is 2.36. The second-order valence-electron chi connectivity index (χ2n) is 4.87. The summed E-state index contributed by atoms with van der Waals surface area (Å²) in [6.07, 6.45) is 3.69. The second-order valence-corrected chi connectivity index (χ2v) is 7.20. The van der Waals surface area contributed by atoms with Gasteiger partial charge in [-0.05, 0) is 38.6 Å². The zero-order valence-corrected chi connectivity index (χ0v) is 10.6. The number of rotatable bonds is 5. The minimum Gasteiger partial charge on any atom is -0.381 e. The van der Waals surface area contributed by atoms with E-state index in [1.54, 1.807) is 0 Å². The molecule has 0 bridgehead atoms. The molecule has 0 radical (unpaired) electrons. The molecule has 1 heterocycles. The van der Waals surface area contributed by atoms with Gasteiger partial charge in [0.1, 0.15) is 0 Å². The summed E-state index contributed by atoms with van der Waals surface area (Å²) < 4.78 is 29.6. The zero-order valence-electron chi connectivity index (χ0n) is 9.81. The van der Waals surface area contributed by atoms with E-state index in [0.29, 0.717) is 37.7 Å². The third kappa shape index (κ3) is 2.96. The third-order valence-corrected chi connectivity index (χ3v) is 5.96. The van der Waals surface area contributed by atoms with Gasteiger partial charge in [-0.2, -0.15) is 0 Å². The van der Waals surface area contributed by atoms with Crippen molar-refractivity contribution in [2.45, 2.75) is 37.0 Å². The number of hydrogen-bond donors (Lipinski definition) is 1. The number of hydrogen-bond acceptors (Lipinski definition) is 4. The van der Waals surface area contributed by atoms with E-state index in [2.05, 4.69) is 5.32 Å². The Morgan fingerprint density at radius 3 is 2.38 bits per heavy atom. The highest BCUT2D eigenvalue weighted by atomic mass is 32.2. The third-order valence-electron chi connectivity index (χ3n) is 3.65. The Morgan fingerprint density at radius 2 is 1.88 bits per heavy atom. The lowest BCUT2D eigenvalue weighted by Gasteiger charge is -2.24. The summed E-state index contributed by atoms with van der Waals surface area (Å²) in [5.41, 5.74) is 0. The molecule has 0 spiro atoms. The molecule has 1 unspecified atom stereocenters. The fraction of sp³-hybridized carbons (Fsp3) is 1.00. The van der Waals surface area contributed by atoms with Crippen molar-refractivity contribution in [1.29, 1.82) is 0 Å². The minimum absolute atomic E-state index is 0.160. The van der Waals surface area contributed by atoms with E-state index in [1.807, 2.05) is 7.05 Å². The van der Waals surface area contributed by atoms with Crippen LogP contribution in [0.25, 0.3) is 0 Å². The van der Waals surface area contributed by atoms with E-state index in [9.17, 15) is 8.42 Å². The number of sulfone groups is 1. The second kappa shape index (κ2) is 5.02. The quantitative estimate of drug-likeness (QED) is 0.772. The van der Waals surface area contributed by atoms with Crippen molar-refractivity contribution in [3.63, 3.8) is 0 Å². The van der Waals surface area contributed by atoms with Crippen LogP contribution >= 0.6 is 0 Å². The van der Waals surface area contributed by atoms with E-state index in [1.165, 1.54) is 12.8 Å². The highest BCUT2D eigenvalue weighted by molar-refractivity contribution is 7.92. The lowest BCUT2D eigenvalue weighted by molar-refractivity contribution is 0.0983. The molecule has 2 fully saturated rings. The molecule has 1 saturated heterocycles. The lowest BCUT2D eigenvalue weighted by Crippen LogP contribution is -2.40. The first-order valence-electron chi connectivity index (χ1n) is 6.10. The molecule has 1 N–H and O–H groups in total. The summed E-state index contributed by atoms with van der Waals surface area (Å²) in [4.78, 5) is 0. The molecule has 0 aromatic carbocycles. The molecule has 5 heteroatoms. The predicted octanol–water partition coefficient (Wildman–Crippen LogP) is 0.578. The average Bonchev–Trinajstić information content (AvgIpc) is 3.11. The lowest BCUT2D eigenvalue weighted by atomic mass is 10.2. The first kappa shape index (κ1) is 12.3. The summed E-state index contributed by atoms with van der Waals surface area (Å²) in [7, 11) is -1.08. The van der Waals surface area contributed by atoms with Crippen molar-refractivity contribution in [2.24, 2.45) is 5.92 Å². The van der Waals surface area contributed by atoms with Gasteiger partial charge in [-0.3, -0.25) is 0 Å². The van der Waals surface area contributed by atoms with Crippen molar-refractivity contribution >= 4 is 9.84 Å². The Balaban J connectivity index is 1.94. The fourth-order valence-electron chi connectivity index (χ4n) is 2.38. The molecule has 1 aliphatic heterocycles. The largest absolute Gasteiger partial charge is 0.381 e. The van der Waals surface area contributed by atoms with Crippen molar-refractivity contribution < 1.29 is 13.2 Å². The van der Waals surface area contributed by atoms with Gasteiger partial charge in [-0.25, -0.2) is 8.42 Å². The van der Waals surface area contributed by atoms with Crippen molar-refractivity contribution in [1.82, 2.24) is 5.32 Å². The molecule has 2 rings (SSSR count). The summed E-state index contributed by atoms with van der Waals surface area (Å²) in [5, 5.41) is 2.98. The van der Waals surface area contributed by atoms with Gasteiger partial charge in [0.2, 0.25) is 0 Å². The van der Waals surface area contributed by atoms with Gasteiger partial charge in [0.05, 0.1) is 11.0 Å². The van der Waals surface area contributed by atoms with E-state index < -0.39 is 9.84 Å². The molecular weight excluding hydrogens is 226 g/mol. The Kier molecular flexibility index (Phi) is 3.87. The predicted molar refractivity (Wildman–Crippen MR) is 63.2 cm³/mol. The Bertz CT molecular complexity index is 318. The van der Waals surface area contributed by atoms with Crippen molar-refractivity contribution in [3.05, 3.63) is 0 Å². The molecule has 2 aliphatic rings. The fourth-order valence-corrected chi connectivity index (χ4v) is 4.50. The van der Waals surface area contributed by atoms with Gasteiger partial charge >= 0.3 is 0 Å². The van der Waals surface area contributed by atoms with Crippen LogP contribution in [0, 0.1) is 5.92 Å². The molecule has 0 aromatic heterocycles. The van der Waals surface area contributed by atoms with Crippen LogP contribution in [0.4, 0.5) is 0 Å². The summed E-state index contributed by atoms with van der Waals surface area (Å²) >= 11 is 0. The van der Waals surface area contributed by atoms with Crippen LogP contribution < -0.4 is 5.32 Å². The van der Waals surface area contributed by atoms with Gasteiger partial charge < -0.3 is 10.1 Å². The molecule has 1 atom stereocenters. The molecule has 0 amide bonds. The van der Waals surface area contributed by atoms with Gasteiger partial charge in [-0.1, -0.05) is 0 Å². The van der Waals surface area contributed by atoms with Crippen LogP contribution in [-0.4, -0.2) is 45.7 Å². The van der Waals surface area contributed by atoms with Crippen molar-refractivity contribution in [3.8, 4) is 0 Å². The Labute approximate surface area is 97.7 Å². The smallest absolute Gasteiger partial charge is 0.154 e. The Hall–Kier alpha value is -0.130. The molecule has 4 nitrogen and oxygen atoms in total. The van der Waals surface area contributed by atoms with Gasteiger partial charge in [-0.15, -0.1) is 0 Å². The average molecular weight is 247 g/mol. The van der Waals surface area contributed by atoms with Crippen LogP contribution in [0.1, 0.15) is 25.7 Å².